The maximum Gasteiger partial charge on any atom is 0.323 e. The number of rotatable bonds is 7. The van der Waals surface area contributed by atoms with Crippen LogP contribution in [0.25, 0.3) is 0 Å². The lowest BCUT2D eigenvalue weighted by atomic mass is 9.98. The SMILES string of the molecule is CCOC(=O)[C@@H]1CCCCN1CC(=O)N1N=C(c2ccc(F)cc2)C[C@H]1c1ccc(OC)cc1. The van der Waals surface area contributed by atoms with Crippen LogP contribution in [-0.4, -0.2) is 60.3 Å². The average Bonchev–Trinajstić information content (AvgIpc) is 3.31. The Kier molecular flexibility index (Phi) is 7.57. The van der Waals surface area contributed by atoms with Crippen molar-refractivity contribution >= 4 is 17.6 Å². The Hall–Kier alpha value is -3.26. The first-order chi connectivity index (χ1) is 16.5. The monoisotopic (exact) mass is 467 g/mol. The van der Waals surface area contributed by atoms with Gasteiger partial charge in [-0.15, -0.1) is 0 Å². The van der Waals surface area contributed by atoms with E-state index in [9.17, 15) is 14.0 Å². The summed E-state index contributed by atoms with van der Waals surface area (Å²) < 4.78 is 24.0. The van der Waals surface area contributed by atoms with Crippen molar-refractivity contribution in [1.29, 1.82) is 0 Å². The molecule has 180 valence electrons. The fourth-order valence-corrected chi connectivity index (χ4v) is 4.57. The molecule has 1 fully saturated rings. The lowest BCUT2D eigenvalue weighted by Crippen LogP contribution is -2.49. The molecule has 0 bridgehead atoms. The molecule has 1 saturated heterocycles. The number of methoxy groups -OCH3 is 1. The lowest BCUT2D eigenvalue weighted by Gasteiger charge is -2.34. The van der Waals surface area contributed by atoms with E-state index in [1.165, 1.54) is 17.1 Å². The van der Waals surface area contributed by atoms with E-state index in [0.717, 1.165) is 35.4 Å². The van der Waals surface area contributed by atoms with E-state index in [1.54, 1.807) is 26.2 Å². The largest absolute Gasteiger partial charge is 0.497 e. The number of halogens is 1. The van der Waals surface area contributed by atoms with Crippen molar-refractivity contribution in [3.8, 4) is 5.75 Å². The number of ether oxygens (including phenoxy) is 2. The molecule has 34 heavy (non-hydrogen) atoms. The van der Waals surface area contributed by atoms with Gasteiger partial charge in [0.05, 0.1) is 32.0 Å². The summed E-state index contributed by atoms with van der Waals surface area (Å²) in [5, 5.41) is 6.18. The number of likely N-dealkylation sites (tertiary alicyclic amines) is 1. The fourth-order valence-electron chi connectivity index (χ4n) is 4.57. The molecule has 0 aliphatic carbocycles. The van der Waals surface area contributed by atoms with Gasteiger partial charge in [-0.25, -0.2) is 9.40 Å². The Labute approximate surface area is 199 Å². The molecule has 2 heterocycles. The second kappa shape index (κ2) is 10.8. The zero-order valence-electron chi connectivity index (χ0n) is 19.6. The van der Waals surface area contributed by atoms with Crippen molar-refractivity contribution in [2.24, 2.45) is 5.10 Å². The van der Waals surface area contributed by atoms with Crippen LogP contribution in [0.2, 0.25) is 0 Å². The van der Waals surface area contributed by atoms with Crippen LogP contribution in [0, 0.1) is 5.82 Å². The number of hydrogen-bond acceptors (Lipinski definition) is 6. The number of benzene rings is 2. The molecule has 0 radical (unpaired) electrons. The fraction of sp³-hybridized carbons (Fsp3) is 0.423. The first kappa shape index (κ1) is 23.9. The highest BCUT2D eigenvalue weighted by atomic mass is 19.1. The van der Waals surface area contributed by atoms with Crippen LogP contribution < -0.4 is 4.74 Å². The van der Waals surface area contributed by atoms with Gasteiger partial charge in [-0.3, -0.25) is 14.5 Å². The third-order valence-electron chi connectivity index (χ3n) is 6.35. The van der Waals surface area contributed by atoms with Crippen molar-refractivity contribution in [2.45, 2.75) is 44.7 Å². The molecule has 8 heteroatoms. The minimum Gasteiger partial charge on any atom is -0.497 e. The van der Waals surface area contributed by atoms with Gasteiger partial charge in [0.25, 0.3) is 5.91 Å². The number of carbonyl (C=O) groups is 2. The molecule has 0 unspecified atom stereocenters. The number of piperidine rings is 1. The average molecular weight is 468 g/mol. The Morgan fingerprint density at radius 1 is 1.09 bits per heavy atom. The highest BCUT2D eigenvalue weighted by Crippen LogP contribution is 2.34. The molecule has 7 nitrogen and oxygen atoms in total. The van der Waals surface area contributed by atoms with Gasteiger partial charge in [0.2, 0.25) is 0 Å². The lowest BCUT2D eigenvalue weighted by molar-refractivity contribution is -0.152. The molecule has 2 aromatic rings. The summed E-state index contributed by atoms with van der Waals surface area (Å²) in [6.07, 6.45) is 3.04. The van der Waals surface area contributed by atoms with Crippen LogP contribution in [0.5, 0.6) is 5.75 Å². The first-order valence-electron chi connectivity index (χ1n) is 11.7. The Balaban J connectivity index is 1.59. The molecule has 2 atom stereocenters. The summed E-state index contributed by atoms with van der Waals surface area (Å²) in [7, 11) is 1.61. The van der Waals surface area contributed by atoms with Crippen molar-refractivity contribution in [3.63, 3.8) is 0 Å². The highest BCUT2D eigenvalue weighted by Gasteiger charge is 2.37. The van der Waals surface area contributed by atoms with Gasteiger partial charge in [0.15, 0.2) is 0 Å². The van der Waals surface area contributed by atoms with Gasteiger partial charge < -0.3 is 9.47 Å². The van der Waals surface area contributed by atoms with Crippen LogP contribution in [0.3, 0.4) is 0 Å². The van der Waals surface area contributed by atoms with E-state index in [-0.39, 0.29) is 30.3 Å². The maximum atomic E-state index is 13.5. The summed E-state index contributed by atoms with van der Waals surface area (Å²) in [6.45, 7) is 2.83. The van der Waals surface area contributed by atoms with Crippen molar-refractivity contribution < 1.29 is 23.5 Å². The molecule has 4 rings (SSSR count). The second-order valence-electron chi connectivity index (χ2n) is 8.52. The van der Waals surface area contributed by atoms with Gasteiger partial charge in [-0.1, -0.05) is 30.7 Å². The molecule has 1 amide bonds. The smallest absolute Gasteiger partial charge is 0.323 e. The van der Waals surface area contributed by atoms with Crippen LogP contribution >= 0.6 is 0 Å². The Morgan fingerprint density at radius 2 is 1.82 bits per heavy atom. The summed E-state index contributed by atoms with van der Waals surface area (Å²) in [5.41, 5.74) is 2.42. The number of hydrogen-bond donors (Lipinski definition) is 0. The molecule has 0 N–H and O–H groups in total. The molecule has 2 aliphatic rings. The molecule has 0 saturated carbocycles. The zero-order chi connectivity index (χ0) is 24.1. The number of nitrogens with zero attached hydrogens (tertiary/aromatic N) is 3. The van der Waals surface area contributed by atoms with Gasteiger partial charge in [0, 0.05) is 6.42 Å². The van der Waals surface area contributed by atoms with Gasteiger partial charge >= 0.3 is 5.97 Å². The van der Waals surface area contributed by atoms with E-state index in [2.05, 4.69) is 5.10 Å². The molecular formula is C26H30FN3O4. The Morgan fingerprint density at radius 3 is 2.50 bits per heavy atom. The second-order valence-corrected chi connectivity index (χ2v) is 8.52. The standard InChI is InChI=1S/C26H30FN3O4/c1-3-34-26(32)23-6-4-5-15-29(23)17-25(31)30-24(19-9-13-21(33-2)14-10-19)16-22(28-30)18-7-11-20(27)12-8-18/h7-14,23-24H,3-6,15-17H2,1-2H3/t23-,24-/m0/s1. The third-order valence-corrected chi connectivity index (χ3v) is 6.35. The van der Waals surface area contributed by atoms with E-state index in [0.29, 0.717) is 26.0 Å². The van der Waals surface area contributed by atoms with Gasteiger partial charge in [0.1, 0.15) is 17.6 Å². The maximum absolute atomic E-state index is 13.5. The number of hydrazone groups is 1. The van der Waals surface area contributed by atoms with Gasteiger partial charge in [-0.05, 0) is 61.7 Å². The van der Waals surface area contributed by atoms with E-state index in [4.69, 9.17) is 9.47 Å². The number of carbonyl (C=O) groups excluding carboxylic acids is 2. The predicted molar refractivity (Wildman–Crippen MR) is 126 cm³/mol. The normalized spacial score (nSPS) is 20.7. The summed E-state index contributed by atoms with van der Waals surface area (Å²) in [6, 6.07) is 13.0. The summed E-state index contributed by atoms with van der Waals surface area (Å²) >= 11 is 0. The van der Waals surface area contributed by atoms with Crippen molar-refractivity contribution in [1.82, 2.24) is 9.91 Å². The van der Waals surface area contributed by atoms with Gasteiger partial charge in [-0.2, -0.15) is 5.10 Å². The van der Waals surface area contributed by atoms with Crippen LogP contribution in [0.4, 0.5) is 4.39 Å². The summed E-state index contributed by atoms with van der Waals surface area (Å²) in [4.78, 5) is 27.9. The number of esters is 1. The molecule has 0 aromatic heterocycles. The minimum atomic E-state index is -0.416. The molecular weight excluding hydrogens is 437 g/mol. The third kappa shape index (κ3) is 5.28. The van der Waals surface area contributed by atoms with Crippen LogP contribution in [-0.2, 0) is 14.3 Å². The number of amides is 1. The molecule has 2 aliphatic heterocycles. The summed E-state index contributed by atoms with van der Waals surface area (Å²) in [5.74, 6) is -0.0604. The molecule has 2 aromatic carbocycles. The van der Waals surface area contributed by atoms with Crippen LogP contribution in [0.15, 0.2) is 53.6 Å². The van der Waals surface area contributed by atoms with E-state index >= 15 is 0 Å². The zero-order valence-corrected chi connectivity index (χ0v) is 19.6. The van der Waals surface area contributed by atoms with Crippen molar-refractivity contribution in [2.75, 3.05) is 26.8 Å². The highest BCUT2D eigenvalue weighted by molar-refractivity contribution is 6.03. The topological polar surface area (TPSA) is 71.4 Å². The van der Waals surface area contributed by atoms with E-state index < -0.39 is 6.04 Å². The minimum absolute atomic E-state index is 0.0797. The quantitative estimate of drug-likeness (QED) is 0.577. The predicted octanol–water partition coefficient (Wildman–Crippen LogP) is 3.93. The van der Waals surface area contributed by atoms with Crippen molar-refractivity contribution in [3.05, 3.63) is 65.5 Å². The van der Waals surface area contributed by atoms with E-state index in [1.807, 2.05) is 29.2 Å². The molecule has 0 spiro atoms. The van der Waals surface area contributed by atoms with Crippen LogP contribution in [0.1, 0.15) is 49.8 Å². The first-order valence-corrected chi connectivity index (χ1v) is 11.7. The Bertz CT molecular complexity index is 1040.